The Labute approximate surface area is 114 Å². The molecule has 0 fully saturated rings. The first-order valence-corrected chi connectivity index (χ1v) is 6.34. The quantitative estimate of drug-likeness (QED) is 0.819. The summed E-state index contributed by atoms with van der Waals surface area (Å²) in [5.41, 5.74) is 2.38. The monoisotopic (exact) mass is 253 g/mol. The van der Waals surface area contributed by atoms with Gasteiger partial charge in [-0.25, -0.2) is 0 Å². The fraction of sp³-hybridized carbons (Fsp3) is 0.235. The van der Waals surface area contributed by atoms with E-state index in [0.717, 1.165) is 16.9 Å². The third-order valence-corrected chi connectivity index (χ3v) is 3.50. The minimum Gasteiger partial charge on any atom is -0.497 e. The normalized spacial score (nSPS) is 11.1. The third kappa shape index (κ3) is 2.68. The maximum absolute atomic E-state index is 8.46. The summed E-state index contributed by atoms with van der Waals surface area (Å²) in [5.74, 6) is 0.814. The highest BCUT2D eigenvalue weighted by atomic mass is 16.5. The maximum atomic E-state index is 8.46. The fourth-order valence-corrected chi connectivity index (χ4v) is 2.12. The van der Waals surface area contributed by atoms with Crippen molar-refractivity contribution in [2.75, 3.05) is 7.11 Å². The van der Waals surface area contributed by atoms with Gasteiger partial charge < -0.3 is 10.1 Å². The summed E-state index contributed by atoms with van der Waals surface area (Å²) >= 11 is 0. The van der Waals surface area contributed by atoms with Gasteiger partial charge in [0.25, 0.3) is 0 Å². The molecule has 0 saturated heterocycles. The standard InChI is InChI=1S/C17H19NO/c1-17(2,14-7-5-4-6-8-14)16(18)13-9-11-15(19-3)12-10-13/h4-12,18H,1-3H3. The van der Waals surface area contributed by atoms with E-state index in [1.54, 1.807) is 7.11 Å². The number of rotatable bonds is 4. The molecule has 0 bridgehead atoms. The van der Waals surface area contributed by atoms with Crippen molar-refractivity contribution in [2.45, 2.75) is 19.3 Å². The zero-order valence-electron chi connectivity index (χ0n) is 11.6. The highest BCUT2D eigenvalue weighted by Crippen LogP contribution is 2.28. The Kier molecular flexibility index (Phi) is 3.70. The van der Waals surface area contributed by atoms with E-state index in [2.05, 4.69) is 26.0 Å². The van der Waals surface area contributed by atoms with Crippen molar-refractivity contribution in [3.05, 3.63) is 65.7 Å². The number of benzene rings is 2. The molecule has 0 aliphatic carbocycles. The first-order chi connectivity index (χ1) is 9.05. The zero-order chi connectivity index (χ0) is 13.9. The summed E-state index contributed by atoms with van der Waals surface area (Å²) < 4.78 is 5.15. The van der Waals surface area contributed by atoms with Crippen molar-refractivity contribution in [1.82, 2.24) is 0 Å². The van der Waals surface area contributed by atoms with Crippen molar-refractivity contribution < 1.29 is 4.74 Å². The second-order valence-electron chi connectivity index (χ2n) is 5.09. The molecule has 2 heteroatoms. The summed E-state index contributed by atoms with van der Waals surface area (Å²) in [6.45, 7) is 4.16. The van der Waals surface area contributed by atoms with Gasteiger partial charge >= 0.3 is 0 Å². The predicted octanol–water partition coefficient (Wildman–Crippen LogP) is 4.04. The first-order valence-electron chi connectivity index (χ1n) is 6.34. The first kappa shape index (κ1) is 13.3. The van der Waals surface area contributed by atoms with Crippen molar-refractivity contribution >= 4 is 5.71 Å². The van der Waals surface area contributed by atoms with Crippen molar-refractivity contribution in [1.29, 1.82) is 5.41 Å². The predicted molar refractivity (Wildman–Crippen MR) is 79.3 cm³/mol. The molecule has 2 aromatic carbocycles. The summed E-state index contributed by atoms with van der Waals surface area (Å²) in [4.78, 5) is 0. The van der Waals surface area contributed by atoms with E-state index in [-0.39, 0.29) is 5.41 Å². The molecule has 0 heterocycles. The molecule has 98 valence electrons. The SMILES string of the molecule is COc1ccc(C(=N)C(C)(C)c2ccccc2)cc1. The molecule has 2 rings (SSSR count). The van der Waals surface area contributed by atoms with Crippen LogP contribution in [-0.2, 0) is 5.41 Å². The van der Waals surface area contributed by atoms with Crippen LogP contribution in [-0.4, -0.2) is 12.8 Å². The number of ether oxygens (including phenoxy) is 1. The molecular formula is C17H19NO. The van der Waals surface area contributed by atoms with Crippen LogP contribution in [0.3, 0.4) is 0 Å². The fourth-order valence-electron chi connectivity index (χ4n) is 2.12. The van der Waals surface area contributed by atoms with Gasteiger partial charge in [0.15, 0.2) is 0 Å². The van der Waals surface area contributed by atoms with Crippen LogP contribution in [0.5, 0.6) is 5.75 Å². The van der Waals surface area contributed by atoms with Gasteiger partial charge in [0.1, 0.15) is 5.75 Å². The largest absolute Gasteiger partial charge is 0.497 e. The molecule has 0 aliphatic heterocycles. The molecule has 0 unspecified atom stereocenters. The van der Waals surface area contributed by atoms with Crippen LogP contribution in [0.25, 0.3) is 0 Å². The van der Waals surface area contributed by atoms with Gasteiger partial charge in [-0.15, -0.1) is 0 Å². The van der Waals surface area contributed by atoms with Gasteiger partial charge in [-0.2, -0.15) is 0 Å². The smallest absolute Gasteiger partial charge is 0.118 e. The lowest BCUT2D eigenvalue weighted by molar-refractivity contribution is 0.415. The van der Waals surface area contributed by atoms with Crippen molar-refractivity contribution in [2.24, 2.45) is 0 Å². The maximum Gasteiger partial charge on any atom is 0.118 e. The van der Waals surface area contributed by atoms with E-state index in [4.69, 9.17) is 10.1 Å². The molecule has 2 nitrogen and oxygen atoms in total. The van der Waals surface area contributed by atoms with Crippen LogP contribution in [0.4, 0.5) is 0 Å². The van der Waals surface area contributed by atoms with Gasteiger partial charge in [-0.05, 0) is 35.4 Å². The molecule has 0 saturated carbocycles. The van der Waals surface area contributed by atoms with Crippen LogP contribution in [0, 0.1) is 5.41 Å². The van der Waals surface area contributed by atoms with E-state index < -0.39 is 0 Å². The topological polar surface area (TPSA) is 33.1 Å². The average Bonchev–Trinajstić information content (AvgIpc) is 2.47. The highest BCUT2D eigenvalue weighted by molar-refractivity contribution is 6.05. The number of nitrogens with one attached hydrogen (secondary N) is 1. The molecule has 2 aromatic rings. The highest BCUT2D eigenvalue weighted by Gasteiger charge is 2.26. The van der Waals surface area contributed by atoms with E-state index in [9.17, 15) is 0 Å². The lowest BCUT2D eigenvalue weighted by atomic mass is 9.77. The summed E-state index contributed by atoms with van der Waals surface area (Å²) in [5, 5.41) is 8.46. The Morgan fingerprint density at radius 1 is 0.947 bits per heavy atom. The van der Waals surface area contributed by atoms with Gasteiger partial charge in [0, 0.05) is 11.1 Å². The molecule has 0 amide bonds. The van der Waals surface area contributed by atoms with Crippen LogP contribution < -0.4 is 4.74 Å². The molecular weight excluding hydrogens is 234 g/mol. The van der Waals surface area contributed by atoms with Crippen LogP contribution >= 0.6 is 0 Å². The lowest BCUT2D eigenvalue weighted by Crippen LogP contribution is -2.29. The van der Waals surface area contributed by atoms with E-state index in [1.165, 1.54) is 0 Å². The number of hydrogen-bond donors (Lipinski definition) is 1. The Morgan fingerprint density at radius 2 is 1.53 bits per heavy atom. The number of methoxy groups -OCH3 is 1. The summed E-state index contributed by atoms with van der Waals surface area (Å²) in [7, 11) is 1.65. The molecule has 0 spiro atoms. The Hall–Kier alpha value is -2.09. The Balaban J connectivity index is 2.32. The second-order valence-corrected chi connectivity index (χ2v) is 5.09. The minimum absolute atomic E-state index is 0.310. The van der Waals surface area contributed by atoms with Gasteiger partial charge in [0.05, 0.1) is 7.11 Å². The summed E-state index contributed by atoms with van der Waals surface area (Å²) in [6.07, 6.45) is 0. The van der Waals surface area contributed by atoms with Gasteiger partial charge in [0.2, 0.25) is 0 Å². The second kappa shape index (κ2) is 5.27. The van der Waals surface area contributed by atoms with Crippen molar-refractivity contribution in [3.63, 3.8) is 0 Å². The van der Waals surface area contributed by atoms with E-state index in [1.807, 2.05) is 42.5 Å². The molecule has 0 radical (unpaired) electrons. The van der Waals surface area contributed by atoms with E-state index in [0.29, 0.717) is 5.71 Å². The van der Waals surface area contributed by atoms with Crippen LogP contribution in [0.1, 0.15) is 25.0 Å². The van der Waals surface area contributed by atoms with Gasteiger partial charge in [-0.3, -0.25) is 0 Å². The van der Waals surface area contributed by atoms with Gasteiger partial charge in [-0.1, -0.05) is 44.2 Å². The third-order valence-electron chi connectivity index (χ3n) is 3.50. The lowest BCUT2D eigenvalue weighted by Gasteiger charge is -2.26. The molecule has 0 aliphatic rings. The Bertz CT molecular complexity index is 556. The van der Waals surface area contributed by atoms with Crippen LogP contribution in [0.2, 0.25) is 0 Å². The summed E-state index contributed by atoms with van der Waals surface area (Å²) in [6, 6.07) is 17.8. The number of hydrogen-bond acceptors (Lipinski definition) is 2. The minimum atomic E-state index is -0.310. The Morgan fingerprint density at radius 3 is 2.05 bits per heavy atom. The van der Waals surface area contributed by atoms with E-state index >= 15 is 0 Å². The average molecular weight is 253 g/mol. The molecule has 19 heavy (non-hydrogen) atoms. The van der Waals surface area contributed by atoms with Crippen molar-refractivity contribution in [3.8, 4) is 5.75 Å². The molecule has 1 N–H and O–H groups in total. The molecule has 0 atom stereocenters. The van der Waals surface area contributed by atoms with Crippen LogP contribution in [0.15, 0.2) is 54.6 Å². The molecule has 0 aromatic heterocycles. The zero-order valence-corrected chi connectivity index (χ0v) is 11.6.